The van der Waals surface area contributed by atoms with Crippen LogP contribution in [0.2, 0.25) is 5.02 Å². The van der Waals surface area contributed by atoms with Crippen LogP contribution in [0.5, 0.6) is 0 Å². The average Bonchev–Trinajstić information content (AvgIpc) is 2.76. The molecule has 3 rings (SSSR count). The van der Waals surface area contributed by atoms with Gasteiger partial charge in [0.05, 0.1) is 0 Å². The van der Waals surface area contributed by atoms with Crippen LogP contribution in [0, 0.1) is 0 Å². The number of hydrogen-bond donors (Lipinski definition) is 1. The second kappa shape index (κ2) is 5.58. The van der Waals surface area contributed by atoms with Crippen molar-refractivity contribution in [2.24, 2.45) is 0 Å². The average molecular weight is 292 g/mol. The monoisotopic (exact) mass is 291 g/mol. The number of hydrogen-bond acceptors (Lipinski definition) is 2. The van der Waals surface area contributed by atoms with E-state index in [9.17, 15) is 9.90 Å². The number of likely N-dealkylation sites (tertiary alicyclic amines) is 1. The van der Waals surface area contributed by atoms with Crippen molar-refractivity contribution in [1.82, 2.24) is 4.90 Å². The van der Waals surface area contributed by atoms with E-state index in [1.165, 1.54) is 16.7 Å². The van der Waals surface area contributed by atoms with Crippen LogP contribution in [0.1, 0.15) is 36.8 Å². The minimum Gasteiger partial charge on any atom is -0.374 e. The molecule has 1 saturated heterocycles. The molecule has 106 valence electrons. The predicted molar refractivity (Wildman–Crippen MR) is 79.3 cm³/mol. The third-order valence-electron chi connectivity index (χ3n) is 4.17. The summed E-state index contributed by atoms with van der Waals surface area (Å²) < 4.78 is 0. The first-order valence-corrected chi connectivity index (χ1v) is 7.49. The van der Waals surface area contributed by atoms with Gasteiger partial charge >= 0.3 is 0 Å². The molecule has 1 heterocycles. The lowest BCUT2D eigenvalue weighted by molar-refractivity contribution is -0.133. The standard InChI is InChI=1S/C16H18ClNO2/c17-14-6-2-4-12-11(3-1-5-13(12)14)9-10-18-15(19)7-8-16(18)20/h2-4,6,15,19H,1,5,7-10H2. The summed E-state index contributed by atoms with van der Waals surface area (Å²) >= 11 is 6.25. The number of fused-ring (bicyclic) bond motifs is 1. The summed E-state index contributed by atoms with van der Waals surface area (Å²) in [6, 6.07) is 5.99. The predicted octanol–water partition coefficient (Wildman–Crippen LogP) is 3.00. The van der Waals surface area contributed by atoms with Gasteiger partial charge in [-0.05, 0) is 42.0 Å². The Morgan fingerprint density at radius 2 is 2.20 bits per heavy atom. The third-order valence-corrected chi connectivity index (χ3v) is 4.52. The molecule has 1 unspecified atom stereocenters. The van der Waals surface area contributed by atoms with Crippen LogP contribution in [-0.4, -0.2) is 28.7 Å². The number of aliphatic hydroxyl groups excluding tert-OH is 1. The Morgan fingerprint density at radius 3 is 2.95 bits per heavy atom. The molecule has 0 saturated carbocycles. The van der Waals surface area contributed by atoms with E-state index in [1.54, 1.807) is 4.90 Å². The molecule has 20 heavy (non-hydrogen) atoms. The van der Waals surface area contributed by atoms with Crippen molar-refractivity contribution >= 4 is 23.1 Å². The van der Waals surface area contributed by atoms with Gasteiger partial charge in [0.1, 0.15) is 6.23 Å². The minimum atomic E-state index is -0.606. The Hall–Kier alpha value is -1.32. The first-order chi connectivity index (χ1) is 9.66. The Balaban J connectivity index is 1.74. The number of allylic oxidation sites excluding steroid dienone is 1. The van der Waals surface area contributed by atoms with Crippen molar-refractivity contribution in [2.45, 2.75) is 38.3 Å². The second-order valence-corrected chi connectivity index (χ2v) is 5.80. The largest absolute Gasteiger partial charge is 0.374 e. The Kier molecular flexibility index (Phi) is 3.81. The van der Waals surface area contributed by atoms with E-state index < -0.39 is 6.23 Å². The van der Waals surface area contributed by atoms with Crippen LogP contribution >= 0.6 is 11.6 Å². The van der Waals surface area contributed by atoms with Gasteiger partial charge in [0.2, 0.25) is 5.91 Å². The highest BCUT2D eigenvalue weighted by Gasteiger charge is 2.29. The summed E-state index contributed by atoms with van der Waals surface area (Å²) in [5, 5.41) is 10.6. The van der Waals surface area contributed by atoms with Crippen molar-refractivity contribution in [3.63, 3.8) is 0 Å². The van der Waals surface area contributed by atoms with E-state index in [-0.39, 0.29) is 5.91 Å². The van der Waals surface area contributed by atoms with Gasteiger partial charge in [0.15, 0.2) is 0 Å². The van der Waals surface area contributed by atoms with Gasteiger partial charge in [-0.25, -0.2) is 0 Å². The second-order valence-electron chi connectivity index (χ2n) is 5.39. The number of aliphatic hydroxyl groups is 1. The molecule has 1 amide bonds. The quantitative estimate of drug-likeness (QED) is 0.930. The molecule has 1 aliphatic heterocycles. The summed E-state index contributed by atoms with van der Waals surface area (Å²) in [4.78, 5) is 13.3. The number of nitrogens with zero attached hydrogens (tertiary/aromatic N) is 1. The molecule has 1 N–H and O–H groups in total. The highest BCUT2D eigenvalue weighted by Crippen LogP contribution is 2.33. The molecule has 1 fully saturated rings. The lowest BCUT2D eigenvalue weighted by Gasteiger charge is -2.24. The van der Waals surface area contributed by atoms with E-state index in [1.807, 2.05) is 12.1 Å². The number of carbonyl (C=O) groups excluding carboxylic acids is 1. The van der Waals surface area contributed by atoms with Crippen LogP contribution in [0.25, 0.3) is 5.57 Å². The summed E-state index contributed by atoms with van der Waals surface area (Å²) in [5.41, 5.74) is 3.64. The van der Waals surface area contributed by atoms with Gasteiger partial charge in [-0.2, -0.15) is 0 Å². The fourth-order valence-corrected chi connectivity index (χ4v) is 3.35. The van der Waals surface area contributed by atoms with Gasteiger partial charge in [-0.1, -0.05) is 29.8 Å². The molecule has 1 aromatic carbocycles. The number of benzene rings is 1. The minimum absolute atomic E-state index is 0.0558. The van der Waals surface area contributed by atoms with Crippen molar-refractivity contribution in [3.05, 3.63) is 40.4 Å². The van der Waals surface area contributed by atoms with Crippen molar-refractivity contribution < 1.29 is 9.90 Å². The SMILES string of the molecule is O=C1CCC(O)N1CCC1=CCCc2c(Cl)cccc21. The Bertz CT molecular complexity index is 568. The van der Waals surface area contributed by atoms with Crippen LogP contribution in [-0.2, 0) is 11.2 Å². The fraction of sp³-hybridized carbons (Fsp3) is 0.438. The Labute approximate surface area is 123 Å². The van der Waals surface area contributed by atoms with Crippen LogP contribution in [0.4, 0.5) is 0 Å². The zero-order valence-corrected chi connectivity index (χ0v) is 12.1. The van der Waals surface area contributed by atoms with E-state index in [4.69, 9.17) is 11.6 Å². The third kappa shape index (κ3) is 2.48. The summed E-state index contributed by atoms with van der Waals surface area (Å²) in [7, 11) is 0. The van der Waals surface area contributed by atoms with Gasteiger partial charge in [-0.3, -0.25) is 4.79 Å². The molecule has 0 radical (unpaired) electrons. The van der Waals surface area contributed by atoms with Gasteiger partial charge in [0.25, 0.3) is 0 Å². The van der Waals surface area contributed by atoms with Crippen molar-refractivity contribution in [2.75, 3.05) is 6.54 Å². The molecule has 4 heteroatoms. The van der Waals surface area contributed by atoms with Crippen LogP contribution in [0.15, 0.2) is 24.3 Å². The van der Waals surface area contributed by atoms with Crippen molar-refractivity contribution in [3.8, 4) is 0 Å². The molecule has 2 aliphatic rings. The highest BCUT2D eigenvalue weighted by molar-refractivity contribution is 6.31. The Morgan fingerprint density at radius 1 is 1.35 bits per heavy atom. The number of halogens is 1. The normalized spacial score (nSPS) is 21.9. The molecule has 3 nitrogen and oxygen atoms in total. The highest BCUT2D eigenvalue weighted by atomic mass is 35.5. The van der Waals surface area contributed by atoms with Crippen LogP contribution < -0.4 is 0 Å². The molecule has 1 aliphatic carbocycles. The number of amides is 1. The molecule has 0 aromatic heterocycles. The summed E-state index contributed by atoms with van der Waals surface area (Å²) in [5.74, 6) is 0.0558. The number of carbonyl (C=O) groups is 1. The molecule has 0 spiro atoms. The van der Waals surface area contributed by atoms with Gasteiger partial charge < -0.3 is 10.0 Å². The fourth-order valence-electron chi connectivity index (χ4n) is 3.08. The smallest absolute Gasteiger partial charge is 0.224 e. The molecule has 1 atom stereocenters. The van der Waals surface area contributed by atoms with Gasteiger partial charge in [0, 0.05) is 24.4 Å². The van der Waals surface area contributed by atoms with Crippen LogP contribution in [0.3, 0.4) is 0 Å². The maximum atomic E-state index is 11.7. The van der Waals surface area contributed by atoms with E-state index in [0.717, 1.165) is 24.3 Å². The van der Waals surface area contributed by atoms with E-state index >= 15 is 0 Å². The molecule has 1 aromatic rings. The van der Waals surface area contributed by atoms with Gasteiger partial charge in [-0.15, -0.1) is 0 Å². The zero-order chi connectivity index (χ0) is 14.1. The lowest BCUT2D eigenvalue weighted by Crippen LogP contribution is -2.33. The molecular formula is C16H18ClNO2. The maximum absolute atomic E-state index is 11.7. The molecular weight excluding hydrogens is 274 g/mol. The first kappa shape index (κ1) is 13.7. The number of rotatable bonds is 3. The zero-order valence-electron chi connectivity index (χ0n) is 11.3. The first-order valence-electron chi connectivity index (χ1n) is 7.11. The van der Waals surface area contributed by atoms with Crippen molar-refractivity contribution in [1.29, 1.82) is 0 Å². The maximum Gasteiger partial charge on any atom is 0.224 e. The summed E-state index contributed by atoms with van der Waals surface area (Å²) in [6.45, 7) is 0.581. The summed E-state index contributed by atoms with van der Waals surface area (Å²) in [6.07, 6.45) is 5.38. The van der Waals surface area contributed by atoms with E-state index in [2.05, 4.69) is 12.1 Å². The lowest BCUT2D eigenvalue weighted by atomic mass is 9.89. The van der Waals surface area contributed by atoms with E-state index in [0.29, 0.717) is 19.4 Å². The molecule has 0 bridgehead atoms. The topological polar surface area (TPSA) is 40.5 Å².